The zero-order valence-electron chi connectivity index (χ0n) is 10.7. The molecule has 0 unspecified atom stereocenters. The topological polar surface area (TPSA) is 62.0 Å². The van der Waals surface area contributed by atoms with E-state index in [0.717, 1.165) is 23.9 Å². The Morgan fingerprint density at radius 3 is 2.78 bits per heavy atom. The Balaban J connectivity index is 2.27. The molecule has 1 aromatic heterocycles. The van der Waals surface area contributed by atoms with Gasteiger partial charge in [0.1, 0.15) is 0 Å². The molecule has 0 spiro atoms. The molecule has 0 aliphatic rings. The molecule has 0 fully saturated rings. The molecule has 0 aliphatic heterocycles. The summed E-state index contributed by atoms with van der Waals surface area (Å²) in [7, 11) is -3.14. The van der Waals surface area contributed by atoms with Crippen molar-refractivity contribution in [3.8, 4) is 0 Å². The maximum atomic E-state index is 11.1. The molecule has 0 saturated carbocycles. The predicted octanol–water partition coefficient (Wildman–Crippen LogP) is 2.17. The van der Waals surface area contributed by atoms with E-state index < -0.39 is 10.0 Å². The van der Waals surface area contributed by atoms with Gasteiger partial charge in [0.2, 0.25) is 10.0 Å². The van der Waals surface area contributed by atoms with Crippen LogP contribution in [-0.2, 0) is 23.0 Å². The Labute approximate surface area is 107 Å². The number of nitrogens with one attached hydrogen (secondary N) is 2. The van der Waals surface area contributed by atoms with Crippen LogP contribution in [-0.4, -0.2) is 19.7 Å². The summed E-state index contributed by atoms with van der Waals surface area (Å²) in [5.74, 6) is 0. The fourth-order valence-corrected chi connectivity index (χ4v) is 2.45. The number of sulfonamides is 1. The van der Waals surface area contributed by atoms with Gasteiger partial charge in [0.25, 0.3) is 0 Å². The molecular weight excluding hydrogens is 248 g/mol. The lowest BCUT2D eigenvalue weighted by Crippen LogP contribution is -2.21. The highest BCUT2D eigenvalue weighted by atomic mass is 32.2. The van der Waals surface area contributed by atoms with Crippen molar-refractivity contribution in [2.75, 3.05) is 6.26 Å². The Hall–Kier alpha value is -1.33. The Morgan fingerprint density at radius 1 is 1.33 bits per heavy atom. The Morgan fingerprint density at radius 2 is 2.11 bits per heavy atom. The number of hydrogen-bond acceptors (Lipinski definition) is 2. The van der Waals surface area contributed by atoms with Crippen LogP contribution in [0, 0.1) is 0 Å². The summed E-state index contributed by atoms with van der Waals surface area (Å²) in [5, 5.41) is 1.18. The number of aromatic amines is 1. The first-order chi connectivity index (χ1) is 8.49. The minimum absolute atomic E-state index is 0.339. The second-order valence-electron chi connectivity index (χ2n) is 4.54. The van der Waals surface area contributed by atoms with Gasteiger partial charge < -0.3 is 4.98 Å². The number of aromatic nitrogens is 1. The molecule has 2 N–H and O–H groups in total. The van der Waals surface area contributed by atoms with Crippen molar-refractivity contribution in [3.05, 3.63) is 35.5 Å². The maximum absolute atomic E-state index is 11.1. The molecule has 2 aromatic rings. The second kappa shape index (κ2) is 5.12. The number of benzene rings is 1. The molecule has 2 rings (SSSR count). The van der Waals surface area contributed by atoms with Crippen molar-refractivity contribution in [1.29, 1.82) is 0 Å². The monoisotopic (exact) mass is 266 g/mol. The summed E-state index contributed by atoms with van der Waals surface area (Å²) >= 11 is 0. The summed E-state index contributed by atoms with van der Waals surface area (Å²) in [4.78, 5) is 3.23. The van der Waals surface area contributed by atoms with Gasteiger partial charge in [-0.15, -0.1) is 0 Å². The van der Waals surface area contributed by atoms with Crippen LogP contribution in [0.15, 0.2) is 24.4 Å². The van der Waals surface area contributed by atoms with Crippen LogP contribution in [0.2, 0.25) is 0 Å². The van der Waals surface area contributed by atoms with E-state index in [1.807, 2.05) is 18.3 Å². The van der Waals surface area contributed by atoms with Crippen molar-refractivity contribution in [2.45, 2.75) is 26.3 Å². The fourth-order valence-electron chi connectivity index (χ4n) is 2.03. The van der Waals surface area contributed by atoms with E-state index >= 15 is 0 Å². The highest BCUT2D eigenvalue weighted by molar-refractivity contribution is 7.88. The van der Waals surface area contributed by atoms with Crippen LogP contribution in [0.1, 0.15) is 24.5 Å². The second-order valence-corrected chi connectivity index (χ2v) is 6.37. The lowest BCUT2D eigenvalue weighted by molar-refractivity contribution is 0.587. The lowest BCUT2D eigenvalue weighted by atomic mass is 10.1. The van der Waals surface area contributed by atoms with Crippen molar-refractivity contribution < 1.29 is 8.42 Å². The summed E-state index contributed by atoms with van der Waals surface area (Å²) in [6.07, 6.45) is 5.33. The molecular formula is C13H18N2O2S. The highest BCUT2D eigenvalue weighted by Gasteiger charge is 2.05. The van der Waals surface area contributed by atoms with Gasteiger partial charge in [0.15, 0.2) is 0 Å². The van der Waals surface area contributed by atoms with Gasteiger partial charge in [-0.25, -0.2) is 13.1 Å². The van der Waals surface area contributed by atoms with Crippen molar-refractivity contribution in [2.24, 2.45) is 0 Å². The number of H-pyrrole nitrogens is 1. The van der Waals surface area contributed by atoms with Crippen LogP contribution in [0.4, 0.5) is 0 Å². The minimum atomic E-state index is -3.14. The van der Waals surface area contributed by atoms with Gasteiger partial charge in [-0.2, -0.15) is 0 Å². The van der Waals surface area contributed by atoms with Crippen molar-refractivity contribution in [1.82, 2.24) is 9.71 Å². The van der Waals surface area contributed by atoms with Crippen LogP contribution < -0.4 is 4.72 Å². The number of aryl methyl sites for hydroxylation is 1. The van der Waals surface area contributed by atoms with E-state index in [9.17, 15) is 8.42 Å². The van der Waals surface area contributed by atoms with E-state index in [4.69, 9.17) is 0 Å². The Kier molecular flexibility index (Phi) is 3.73. The molecule has 5 heteroatoms. The first kappa shape index (κ1) is 13.1. The van der Waals surface area contributed by atoms with E-state index in [1.165, 1.54) is 17.2 Å². The normalized spacial score (nSPS) is 12.1. The van der Waals surface area contributed by atoms with Gasteiger partial charge in [0.05, 0.1) is 6.26 Å². The van der Waals surface area contributed by atoms with Crippen LogP contribution in [0.25, 0.3) is 10.9 Å². The number of rotatable bonds is 5. The predicted molar refractivity (Wildman–Crippen MR) is 74.0 cm³/mol. The molecule has 98 valence electrons. The maximum Gasteiger partial charge on any atom is 0.209 e. The molecule has 0 bridgehead atoms. The van der Waals surface area contributed by atoms with Crippen LogP contribution >= 0.6 is 0 Å². The van der Waals surface area contributed by atoms with Crippen molar-refractivity contribution >= 4 is 20.9 Å². The zero-order chi connectivity index (χ0) is 13.2. The molecule has 0 aliphatic carbocycles. The zero-order valence-corrected chi connectivity index (χ0v) is 11.5. The summed E-state index contributed by atoms with van der Waals surface area (Å²) < 4.78 is 24.6. The lowest BCUT2D eigenvalue weighted by Gasteiger charge is -2.04. The third kappa shape index (κ3) is 3.11. The average molecular weight is 266 g/mol. The van der Waals surface area contributed by atoms with Gasteiger partial charge in [-0.3, -0.25) is 0 Å². The summed E-state index contributed by atoms with van der Waals surface area (Å²) in [6, 6.07) is 5.98. The third-order valence-corrected chi connectivity index (χ3v) is 3.56. The van der Waals surface area contributed by atoms with Gasteiger partial charge in [-0.1, -0.05) is 19.4 Å². The van der Waals surface area contributed by atoms with E-state index in [1.54, 1.807) is 0 Å². The number of fused-ring (bicyclic) bond motifs is 1. The number of hydrogen-bond donors (Lipinski definition) is 2. The molecule has 0 atom stereocenters. The largest absolute Gasteiger partial charge is 0.361 e. The average Bonchev–Trinajstić information content (AvgIpc) is 2.69. The van der Waals surface area contributed by atoms with Gasteiger partial charge in [0, 0.05) is 23.6 Å². The smallest absolute Gasteiger partial charge is 0.209 e. The third-order valence-electron chi connectivity index (χ3n) is 2.89. The van der Waals surface area contributed by atoms with E-state index in [0.29, 0.717) is 6.54 Å². The SMILES string of the molecule is CCCc1c[nH]c2ccc(CNS(C)(=O)=O)cc12. The molecule has 1 heterocycles. The molecule has 18 heavy (non-hydrogen) atoms. The van der Waals surface area contributed by atoms with Crippen LogP contribution in [0.5, 0.6) is 0 Å². The van der Waals surface area contributed by atoms with Gasteiger partial charge in [-0.05, 0) is 29.7 Å². The summed E-state index contributed by atoms with van der Waals surface area (Å²) in [5.41, 5.74) is 3.36. The fraction of sp³-hybridized carbons (Fsp3) is 0.385. The van der Waals surface area contributed by atoms with E-state index in [2.05, 4.69) is 22.7 Å². The Bertz CT molecular complexity index is 644. The molecule has 4 nitrogen and oxygen atoms in total. The summed E-state index contributed by atoms with van der Waals surface area (Å²) in [6.45, 7) is 2.49. The van der Waals surface area contributed by atoms with E-state index in [-0.39, 0.29) is 0 Å². The molecule has 0 radical (unpaired) electrons. The minimum Gasteiger partial charge on any atom is -0.361 e. The van der Waals surface area contributed by atoms with Crippen molar-refractivity contribution in [3.63, 3.8) is 0 Å². The van der Waals surface area contributed by atoms with Gasteiger partial charge >= 0.3 is 0 Å². The standard InChI is InChI=1S/C13H18N2O2S/c1-3-4-11-9-14-13-6-5-10(7-12(11)13)8-15-18(2,16)17/h5-7,9,14-15H,3-4,8H2,1-2H3. The first-order valence-electron chi connectivity index (χ1n) is 6.03. The molecule has 1 aromatic carbocycles. The quantitative estimate of drug-likeness (QED) is 0.871. The molecule has 0 saturated heterocycles. The highest BCUT2D eigenvalue weighted by Crippen LogP contribution is 2.21. The molecule has 0 amide bonds. The first-order valence-corrected chi connectivity index (χ1v) is 7.92. The van der Waals surface area contributed by atoms with Crippen LogP contribution in [0.3, 0.4) is 0 Å².